The second-order valence-electron chi connectivity index (χ2n) is 7.47. The van der Waals surface area contributed by atoms with Gasteiger partial charge < -0.3 is 14.7 Å². The van der Waals surface area contributed by atoms with E-state index in [4.69, 9.17) is 4.74 Å². The van der Waals surface area contributed by atoms with E-state index in [2.05, 4.69) is 0 Å². The monoisotopic (exact) mass is 425 g/mol. The highest BCUT2D eigenvalue weighted by Crippen LogP contribution is 2.39. The van der Waals surface area contributed by atoms with Crippen molar-refractivity contribution in [2.75, 3.05) is 7.11 Å². The van der Waals surface area contributed by atoms with Crippen molar-refractivity contribution in [2.24, 2.45) is 0 Å². The summed E-state index contributed by atoms with van der Waals surface area (Å²) in [5.74, 6) is -0.898. The Balaban J connectivity index is 1.74. The van der Waals surface area contributed by atoms with Gasteiger partial charge in [-0.15, -0.1) is 0 Å². The molecular weight excluding hydrogens is 402 g/mol. The molecule has 3 aromatic rings. The molecule has 1 unspecified atom stereocenters. The van der Waals surface area contributed by atoms with Crippen LogP contribution in [0.1, 0.15) is 22.7 Å². The third-order valence-corrected chi connectivity index (χ3v) is 5.40. The number of ether oxygens (including phenoxy) is 1. The van der Waals surface area contributed by atoms with E-state index < -0.39 is 23.5 Å². The molecule has 160 valence electrons. The van der Waals surface area contributed by atoms with Gasteiger partial charge in [0.15, 0.2) is 11.5 Å². The molecule has 0 bridgehead atoms. The average Bonchev–Trinajstić information content (AvgIpc) is 3.09. The molecule has 0 spiro atoms. The summed E-state index contributed by atoms with van der Waals surface area (Å²) in [7, 11) is 1.56. The van der Waals surface area contributed by atoms with E-state index in [1.807, 2.05) is 66.7 Å². The standard InChI is InChI=1S/C27H23NO4/c1-32-22-14-8-13-21(17-22)25-24(23(29)16-15-19-9-4-2-5-10-19)26(30)27(31)28(25)18-20-11-6-3-7-12-20/h2-17,25,30H,18H2,1H3. The highest BCUT2D eigenvalue weighted by Gasteiger charge is 2.42. The fraction of sp³-hybridized carbons (Fsp3) is 0.111. The number of carbonyl (C=O) groups is 2. The molecule has 4 rings (SSSR count). The summed E-state index contributed by atoms with van der Waals surface area (Å²) in [5, 5.41) is 10.7. The molecule has 1 heterocycles. The molecule has 0 radical (unpaired) electrons. The summed E-state index contributed by atoms with van der Waals surface area (Å²) in [5.41, 5.74) is 2.50. The zero-order valence-corrected chi connectivity index (χ0v) is 17.6. The van der Waals surface area contributed by atoms with Gasteiger partial charge in [0.2, 0.25) is 0 Å². The van der Waals surface area contributed by atoms with Crippen LogP contribution < -0.4 is 4.74 Å². The van der Waals surface area contributed by atoms with Gasteiger partial charge in [-0.3, -0.25) is 9.59 Å². The van der Waals surface area contributed by atoms with Gasteiger partial charge in [0.05, 0.1) is 18.7 Å². The van der Waals surface area contributed by atoms with Gasteiger partial charge in [-0.1, -0.05) is 78.9 Å². The zero-order valence-electron chi connectivity index (χ0n) is 17.6. The SMILES string of the molecule is COc1cccc(C2C(C(=O)C=Cc3ccccc3)=C(O)C(=O)N2Cc2ccccc2)c1. The van der Waals surface area contributed by atoms with E-state index >= 15 is 0 Å². The number of hydrogen-bond donors (Lipinski definition) is 1. The van der Waals surface area contributed by atoms with E-state index in [1.54, 1.807) is 31.4 Å². The Bertz CT molecular complexity index is 1180. The molecule has 5 nitrogen and oxygen atoms in total. The maximum atomic E-state index is 13.2. The predicted molar refractivity (Wildman–Crippen MR) is 123 cm³/mol. The van der Waals surface area contributed by atoms with E-state index in [0.717, 1.165) is 11.1 Å². The number of aliphatic hydroxyl groups is 1. The third-order valence-electron chi connectivity index (χ3n) is 5.40. The average molecular weight is 425 g/mol. The van der Waals surface area contributed by atoms with Crippen molar-refractivity contribution in [2.45, 2.75) is 12.6 Å². The molecular formula is C27H23NO4. The van der Waals surface area contributed by atoms with Gasteiger partial charge in [0.1, 0.15) is 5.75 Å². The predicted octanol–water partition coefficient (Wildman–Crippen LogP) is 4.87. The number of allylic oxidation sites excluding steroid dienone is 1. The lowest BCUT2D eigenvalue weighted by molar-refractivity contribution is -0.130. The minimum Gasteiger partial charge on any atom is -0.503 e. The number of ketones is 1. The molecule has 0 saturated heterocycles. The van der Waals surface area contributed by atoms with Gasteiger partial charge in [-0.05, 0) is 34.9 Å². The molecule has 0 aliphatic carbocycles. The number of benzene rings is 3. The molecule has 32 heavy (non-hydrogen) atoms. The molecule has 3 aromatic carbocycles. The van der Waals surface area contributed by atoms with Crippen LogP contribution in [-0.2, 0) is 16.1 Å². The van der Waals surface area contributed by atoms with Crippen LogP contribution >= 0.6 is 0 Å². The topological polar surface area (TPSA) is 66.8 Å². The zero-order chi connectivity index (χ0) is 22.5. The summed E-state index contributed by atoms with van der Waals surface area (Å²) < 4.78 is 5.34. The lowest BCUT2D eigenvalue weighted by Crippen LogP contribution is -2.30. The Labute approximate surface area is 186 Å². The molecule has 1 aliphatic heterocycles. The number of carbonyl (C=O) groups excluding carboxylic acids is 2. The highest BCUT2D eigenvalue weighted by molar-refractivity contribution is 6.14. The maximum absolute atomic E-state index is 13.2. The third kappa shape index (κ3) is 4.32. The lowest BCUT2D eigenvalue weighted by Gasteiger charge is -2.27. The number of rotatable bonds is 7. The van der Waals surface area contributed by atoms with Gasteiger partial charge in [-0.2, -0.15) is 0 Å². The van der Waals surface area contributed by atoms with Crippen LogP contribution in [0.15, 0.2) is 102 Å². The summed E-state index contributed by atoms with van der Waals surface area (Å²) in [6, 6.07) is 25.3. The normalized spacial score (nSPS) is 16.1. The first-order chi connectivity index (χ1) is 15.6. The molecule has 1 atom stereocenters. The van der Waals surface area contributed by atoms with E-state index in [0.29, 0.717) is 11.3 Å². The van der Waals surface area contributed by atoms with Crippen molar-refractivity contribution >= 4 is 17.8 Å². The molecule has 0 fully saturated rings. The molecule has 1 aliphatic rings. The molecule has 1 amide bonds. The van der Waals surface area contributed by atoms with Crippen molar-refractivity contribution in [1.82, 2.24) is 4.90 Å². The maximum Gasteiger partial charge on any atom is 0.290 e. The smallest absolute Gasteiger partial charge is 0.290 e. The van der Waals surface area contributed by atoms with Gasteiger partial charge in [0, 0.05) is 6.54 Å². The lowest BCUT2D eigenvalue weighted by atomic mass is 9.95. The van der Waals surface area contributed by atoms with E-state index in [1.165, 1.54) is 11.0 Å². The van der Waals surface area contributed by atoms with Crippen molar-refractivity contribution in [3.63, 3.8) is 0 Å². The fourth-order valence-electron chi connectivity index (χ4n) is 3.83. The van der Waals surface area contributed by atoms with E-state index in [-0.39, 0.29) is 12.1 Å². The summed E-state index contributed by atoms with van der Waals surface area (Å²) >= 11 is 0. The first-order valence-corrected chi connectivity index (χ1v) is 10.3. The van der Waals surface area contributed by atoms with Crippen molar-refractivity contribution < 1.29 is 19.4 Å². The van der Waals surface area contributed by atoms with Gasteiger partial charge in [-0.25, -0.2) is 0 Å². The number of aliphatic hydroxyl groups excluding tert-OH is 1. The molecule has 0 aromatic heterocycles. The fourth-order valence-corrected chi connectivity index (χ4v) is 3.83. The molecule has 0 saturated carbocycles. The molecule has 1 N–H and O–H groups in total. The number of hydrogen-bond acceptors (Lipinski definition) is 4. The minimum atomic E-state index is -0.731. The van der Waals surface area contributed by atoms with Crippen LogP contribution in [0, 0.1) is 0 Å². The van der Waals surface area contributed by atoms with Crippen molar-refractivity contribution in [3.8, 4) is 5.75 Å². The number of amides is 1. The Morgan fingerprint density at radius 3 is 2.38 bits per heavy atom. The second-order valence-corrected chi connectivity index (χ2v) is 7.47. The second kappa shape index (κ2) is 9.35. The number of methoxy groups -OCH3 is 1. The van der Waals surface area contributed by atoms with Crippen molar-refractivity contribution in [3.05, 3.63) is 119 Å². The Hall–Kier alpha value is -4.12. The summed E-state index contributed by atoms with van der Waals surface area (Å²) in [4.78, 5) is 27.8. The van der Waals surface area contributed by atoms with Gasteiger partial charge in [0.25, 0.3) is 5.91 Å². The highest BCUT2D eigenvalue weighted by atomic mass is 16.5. The van der Waals surface area contributed by atoms with Crippen molar-refractivity contribution in [1.29, 1.82) is 0 Å². The van der Waals surface area contributed by atoms with Crippen LogP contribution in [-0.4, -0.2) is 28.8 Å². The summed E-state index contributed by atoms with van der Waals surface area (Å²) in [6.07, 6.45) is 3.07. The van der Waals surface area contributed by atoms with Crippen LogP contribution in [0.25, 0.3) is 6.08 Å². The van der Waals surface area contributed by atoms with Crippen LogP contribution in [0.3, 0.4) is 0 Å². The molecule has 5 heteroatoms. The Morgan fingerprint density at radius 2 is 1.69 bits per heavy atom. The number of nitrogens with zero attached hydrogens (tertiary/aromatic N) is 1. The Kier molecular flexibility index (Phi) is 6.17. The Morgan fingerprint density at radius 1 is 1.00 bits per heavy atom. The van der Waals surface area contributed by atoms with Crippen LogP contribution in [0.5, 0.6) is 5.75 Å². The van der Waals surface area contributed by atoms with Crippen LogP contribution in [0.4, 0.5) is 0 Å². The largest absolute Gasteiger partial charge is 0.503 e. The quantitative estimate of drug-likeness (QED) is 0.548. The minimum absolute atomic E-state index is 0.0614. The summed E-state index contributed by atoms with van der Waals surface area (Å²) in [6.45, 7) is 0.255. The first kappa shape index (κ1) is 21.1. The van der Waals surface area contributed by atoms with Gasteiger partial charge >= 0.3 is 0 Å². The van der Waals surface area contributed by atoms with Crippen LogP contribution in [0.2, 0.25) is 0 Å². The first-order valence-electron chi connectivity index (χ1n) is 10.3. The van der Waals surface area contributed by atoms with E-state index in [9.17, 15) is 14.7 Å².